The molecule has 1 unspecified atom stereocenters. The van der Waals surface area contributed by atoms with Crippen LogP contribution in [-0.2, 0) is 4.74 Å². The molecule has 1 fully saturated rings. The lowest BCUT2D eigenvalue weighted by Crippen LogP contribution is -2.43. The Morgan fingerprint density at radius 1 is 1.11 bits per heavy atom. The third-order valence-electron chi connectivity index (χ3n) is 4.69. The molecule has 19 heavy (non-hydrogen) atoms. The van der Waals surface area contributed by atoms with Gasteiger partial charge in [0.05, 0.1) is 11.6 Å². The smallest absolute Gasteiger partial charge is 0.0870 e. The second-order valence-electron chi connectivity index (χ2n) is 6.02. The van der Waals surface area contributed by atoms with Crippen molar-refractivity contribution in [3.05, 3.63) is 34.9 Å². The van der Waals surface area contributed by atoms with E-state index in [0.29, 0.717) is 0 Å². The number of ether oxygens (including phenoxy) is 1. The molecular weight excluding hydrogens is 234 g/mol. The van der Waals surface area contributed by atoms with E-state index in [9.17, 15) is 0 Å². The molecule has 0 aromatic heterocycles. The van der Waals surface area contributed by atoms with Crippen LogP contribution < -0.4 is 5.73 Å². The quantitative estimate of drug-likeness (QED) is 0.833. The van der Waals surface area contributed by atoms with Gasteiger partial charge in [-0.15, -0.1) is 0 Å². The molecule has 0 spiro atoms. The van der Waals surface area contributed by atoms with E-state index in [2.05, 4.69) is 32.0 Å². The van der Waals surface area contributed by atoms with Crippen LogP contribution in [-0.4, -0.2) is 12.7 Å². The number of aryl methyl sites for hydroxylation is 2. The molecule has 106 valence electrons. The van der Waals surface area contributed by atoms with E-state index in [1.165, 1.54) is 42.4 Å². The van der Waals surface area contributed by atoms with Crippen LogP contribution in [0.2, 0.25) is 0 Å². The van der Waals surface area contributed by atoms with Crippen molar-refractivity contribution in [1.29, 1.82) is 0 Å². The van der Waals surface area contributed by atoms with Gasteiger partial charge >= 0.3 is 0 Å². The van der Waals surface area contributed by atoms with E-state index >= 15 is 0 Å². The van der Waals surface area contributed by atoms with E-state index < -0.39 is 0 Å². The molecule has 1 atom stereocenters. The molecule has 0 saturated heterocycles. The average molecular weight is 261 g/mol. The van der Waals surface area contributed by atoms with Gasteiger partial charge in [-0.3, -0.25) is 0 Å². The lowest BCUT2D eigenvalue weighted by Gasteiger charge is -2.38. The fourth-order valence-electron chi connectivity index (χ4n) is 3.35. The van der Waals surface area contributed by atoms with E-state index in [1.54, 1.807) is 0 Å². The van der Waals surface area contributed by atoms with Gasteiger partial charge < -0.3 is 10.5 Å². The van der Waals surface area contributed by atoms with Crippen molar-refractivity contribution in [2.24, 2.45) is 5.73 Å². The third-order valence-corrected chi connectivity index (χ3v) is 4.69. The molecule has 0 amide bonds. The Kier molecular flexibility index (Phi) is 4.64. The molecule has 2 heteroatoms. The van der Waals surface area contributed by atoms with Gasteiger partial charge in [-0.25, -0.2) is 0 Å². The van der Waals surface area contributed by atoms with Crippen LogP contribution in [0.15, 0.2) is 18.2 Å². The lowest BCUT2D eigenvalue weighted by atomic mass is 9.81. The van der Waals surface area contributed by atoms with Gasteiger partial charge in [0, 0.05) is 7.11 Å². The summed E-state index contributed by atoms with van der Waals surface area (Å²) in [6.07, 6.45) is 7.24. The highest BCUT2D eigenvalue weighted by Crippen LogP contribution is 2.39. The van der Waals surface area contributed by atoms with E-state index in [-0.39, 0.29) is 11.6 Å². The average Bonchev–Trinajstić information content (AvgIpc) is 2.67. The van der Waals surface area contributed by atoms with Crippen molar-refractivity contribution < 1.29 is 4.74 Å². The minimum absolute atomic E-state index is 0.0181. The molecule has 0 heterocycles. The Hall–Kier alpha value is -0.860. The van der Waals surface area contributed by atoms with Gasteiger partial charge in [-0.1, -0.05) is 49.4 Å². The summed E-state index contributed by atoms with van der Waals surface area (Å²) in [6.45, 7) is 4.27. The molecule has 2 nitrogen and oxygen atoms in total. The molecule has 2 N–H and O–H groups in total. The Bertz CT molecular complexity index is 419. The number of hydrogen-bond donors (Lipinski definition) is 1. The number of benzene rings is 1. The van der Waals surface area contributed by atoms with Gasteiger partial charge in [-0.2, -0.15) is 0 Å². The Labute approximate surface area is 117 Å². The van der Waals surface area contributed by atoms with Gasteiger partial charge in [0.1, 0.15) is 0 Å². The number of hydrogen-bond acceptors (Lipinski definition) is 2. The zero-order chi connectivity index (χ0) is 13.9. The van der Waals surface area contributed by atoms with Crippen molar-refractivity contribution in [3.8, 4) is 0 Å². The first kappa shape index (κ1) is 14.5. The Morgan fingerprint density at radius 3 is 2.32 bits per heavy atom. The van der Waals surface area contributed by atoms with Crippen LogP contribution in [0.25, 0.3) is 0 Å². The maximum absolute atomic E-state index is 6.63. The minimum atomic E-state index is -0.172. The molecule has 1 saturated carbocycles. The predicted octanol–water partition coefficient (Wildman–Crippen LogP) is 4.04. The first-order valence-corrected chi connectivity index (χ1v) is 7.47. The van der Waals surface area contributed by atoms with Crippen LogP contribution in [0.3, 0.4) is 0 Å². The molecular formula is C17H27NO. The van der Waals surface area contributed by atoms with E-state index in [1.807, 2.05) is 7.11 Å². The van der Waals surface area contributed by atoms with E-state index in [0.717, 1.165) is 12.8 Å². The monoisotopic (exact) mass is 261 g/mol. The summed E-state index contributed by atoms with van der Waals surface area (Å²) in [4.78, 5) is 0. The fraction of sp³-hybridized carbons (Fsp3) is 0.647. The summed E-state index contributed by atoms with van der Waals surface area (Å²) in [5, 5.41) is 0. The number of rotatable bonds is 3. The molecule has 1 aromatic rings. The normalized spacial score (nSPS) is 20.8. The Morgan fingerprint density at radius 2 is 1.74 bits per heavy atom. The summed E-state index contributed by atoms with van der Waals surface area (Å²) >= 11 is 0. The van der Waals surface area contributed by atoms with Crippen LogP contribution in [0.1, 0.15) is 61.3 Å². The topological polar surface area (TPSA) is 35.2 Å². The van der Waals surface area contributed by atoms with Crippen LogP contribution >= 0.6 is 0 Å². The van der Waals surface area contributed by atoms with Gasteiger partial charge in [-0.05, 0) is 37.8 Å². The predicted molar refractivity (Wildman–Crippen MR) is 80.3 cm³/mol. The zero-order valence-corrected chi connectivity index (χ0v) is 12.5. The summed E-state index contributed by atoms with van der Waals surface area (Å²) in [6, 6.07) is 6.53. The highest BCUT2D eigenvalue weighted by molar-refractivity contribution is 5.34. The van der Waals surface area contributed by atoms with E-state index in [4.69, 9.17) is 10.5 Å². The number of nitrogens with two attached hydrogens (primary N) is 1. The molecule has 0 radical (unpaired) electrons. The first-order valence-electron chi connectivity index (χ1n) is 7.47. The van der Waals surface area contributed by atoms with Crippen LogP contribution in [0.4, 0.5) is 0 Å². The van der Waals surface area contributed by atoms with Crippen molar-refractivity contribution in [1.82, 2.24) is 0 Å². The fourth-order valence-corrected chi connectivity index (χ4v) is 3.35. The van der Waals surface area contributed by atoms with Crippen LogP contribution in [0, 0.1) is 13.8 Å². The van der Waals surface area contributed by atoms with Crippen molar-refractivity contribution in [2.75, 3.05) is 7.11 Å². The SMILES string of the molecule is COC1(C(N)c2cc(C)ccc2C)CCCCCC1. The second kappa shape index (κ2) is 6.06. The maximum Gasteiger partial charge on any atom is 0.0870 e. The molecule has 1 aromatic carbocycles. The largest absolute Gasteiger partial charge is 0.376 e. The number of methoxy groups -OCH3 is 1. The highest BCUT2D eigenvalue weighted by atomic mass is 16.5. The molecule has 0 bridgehead atoms. The molecule has 0 aliphatic heterocycles. The van der Waals surface area contributed by atoms with Gasteiger partial charge in [0.25, 0.3) is 0 Å². The third kappa shape index (κ3) is 3.01. The highest BCUT2D eigenvalue weighted by Gasteiger charge is 2.38. The van der Waals surface area contributed by atoms with Crippen molar-refractivity contribution >= 4 is 0 Å². The summed E-state index contributed by atoms with van der Waals surface area (Å²) in [5.74, 6) is 0. The molecule has 2 rings (SSSR count). The zero-order valence-electron chi connectivity index (χ0n) is 12.5. The second-order valence-corrected chi connectivity index (χ2v) is 6.02. The summed E-state index contributed by atoms with van der Waals surface area (Å²) in [5.41, 5.74) is 10.3. The molecule has 1 aliphatic carbocycles. The lowest BCUT2D eigenvalue weighted by molar-refractivity contribution is -0.0443. The summed E-state index contributed by atoms with van der Waals surface area (Å²) in [7, 11) is 1.83. The minimum Gasteiger partial charge on any atom is -0.376 e. The maximum atomic E-state index is 6.63. The van der Waals surface area contributed by atoms with Gasteiger partial charge in [0.15, 0.2) is 0 Å². The molecule has 1 aliphatic rings. The van der Waals surface area contributed by atoms with Crippen LogP contribution in [0.5, 0.6) is 0 Å². The Balaban J connectivity index is 2.33. The standard InChI is InChI=1S/C17H27NO/c1-13-8-9-14(2)15(12-13)16(18)17(19-3)10-6-4-5-7-11-17/h8-9,12,16H,4-7,10-11,18H2,1-3H3. The van der Waals surface area contributed by atoms with Crippen molar-refractivity contribution in [2.45, 2.75) is 64.0 Å². The summed E-state index contributed by atoms with van der Waals surface area (Å²) < 4.78 is 5.94. The van der Waals surface area contributed by atoms with Gasteiger partial charge in [0.2, 0.25) is 0 Å². The van der Waals surface area contributed by atoms with Crippen molar-refractivity contribution in [3.63, 3.8) is 0 Å². The first-order chi connectivity index (χ1) is 9.09.